The number of halogens is 1. The summed E-state index contributed by atoms with van der Waals surface area (Å²) in [6.07, 6.45) is 2.86. The Kier molecular flexibility index (Phi) is 4.17. The molecule has 3 rings (SSSR count). The van der Waals surface area contributed by atoms with Crippen molar-refractivity contribution < 1.29 is 4.79 Å². The van der Waals surface area contributed by atoms with Crippen LogP contribution in [0.1, 0.15) is 19.3 Å². The minimum absolute atomic E-state index is 0.258. The third-order valence-corrected chi connectivity index (χ3v) is 4.55. The number of benzene rings is 1. The molecule has 1 aliphatic rings. The van der Waals surface area contributed by atoms with Crippen molar-refractivity contribution in [2.45, 2.75) is 24.4 Å². The van der Waals surface area contributed by atoms with Crippen molar-refractivity contribution in [2.24, 2.45) is 0 Å². The van der Waals surface area contributed by atoms with Crippen molar-refractivity contribution in [1.29, 1.82) is 0 Å². The summed E-state index contributed by atoms with van der Waals surface area (Å²) in [6.45, 7) is 1.85. The molecule has 0 saturated carbocycles. The van der Waals surface area contributed by atoms with E-state index in [0.29, 0.717) is 11.4 Å². The molecule has 2 heterocycles. The SMILES string of the molecule is O=C(CCSc1nc2ccc(Cl)cc2[nH]1)N1CCCC1. The summed E-state index contributed by atoms with van der Waals surface area (Å²) in [5, 5.41) is 1.54. The number of H-pyrrole nitrogens is 1. The van der Waals surface area contributed by atoms with Crippen LogP contribution in [0.15, 0.2) is 23.4 Å². The number of thioether (sulfide) groups is 1. The van der Waals surface area contributed by atoms with Gasteiger partial charge in [0.1, 0.15) is 0 Å². The average molecular weight is 310 g/mol. The van der Waals surface area contributed by atoms with E-state index in [2.05, 4.69) is 9.97 Å². The van der Waals surface area contributed by atoms with E-state index in [9.17, 15) is 4.79 Å². The van der Waals surface area contributed by atoms with E-state index in [1.54, 1.807) is 11.8 Å². The largest absolute Gasteiger partial charge is 0.343 e. The first-order valence-corrected chi connectivity index (χ1v) is 8.14. The molecule has 0 aliphatic carbocycles. The summed E-state index contributed by atoms with van der Waals surface area (Å²) < 4.78 is 0. The Labute approximate surface area is 126 Å². The van der Waals surface area contributed by atoms with Crippen LogP contribution in [0.2, 0.25) is 5.02 Å². The van der Waals surface area contributed by atoms with E-state index in [1.807, 2.05) is 23.1 Å². The number of likely N-dealkylation sites (tertiary alicyclic amines) is 1. The van der Waals surface area contributed by atoms with E-state index in [0.717, 1.165) is 47.9 Å². The zero-order valence-corrected chi connectivity index (χ0v) is 12.6. The lowest BCUT2D eigenvalue weighted by Crippen LogP contribution is -2.27. The van der Waals surface area contributed by atoms with E-state index >= 15 is 0 Å². The zero-order chi connectivity index (χ0) is 13.9. The number of fused-ring (bicyclic) bond motifs is 1. The number of amides is 1. The molecule has 4 nitrogen and oxygen atoms in total. The van der Waals surface area contributed by atoms with Crippen molar-refractivity contribution in [3.63, 3.8) is 0 Å². The quantitative estimate of drug-likeness (QED) is 0.881. The molecular formula is C14H16ClN3OS. The summed E-state index contributed by atoms with van der Waals surface area (Å²) in [5.74, 6) is 1.01. The van der Waals surface area contributed by atoms with Gasteiger partial charge in [0, 0.05) is 30.3 Å². The van der Waals surface area contributed by atoms with Crippen LogP contribution in [-0.4, -0.2) is 39.6 Å². The molecule has 106 valence electrons. The maximum Gasteiger partial charge on any atom is 0.223 e. The molecule has 0 spiro atoms. The summed E-state index contributed by atoms with van der Waals surface area (Å²) in [5.41, 5.74) is 1.84. The number of nitrogens with zero attached hydrogens (tertiary/aromatic N) is 2. The van der Waals surface area contributed by atoms with Gasteiger partial charge in [0.05, 0.1) is 11.0 Å². The van der Waals surface area contributed by atoms with Gasteiger partial charge in [-0.25, -0.2) is 4.98 Å². The molecule has 0 atom stereocenters. The first-order chi connectivity index (χ1) is 9.72. The smallest absolute Gasteiger partial charge is 0.223 e. The van der Waals surface area contributed by atoms with E-state index in [4.69, 9.17) is 11.6 Å². The Bertz CT molecular complexity index is 622. The van der Waals surface area contributed by atoms with E-state index in [1.165, 1.54) is 0 Å². The van der Waals surface area contributed by atoms with Crippen LogP contribution in [-0.2, 0) is 4.79 Å². The van der Waals surface area contributed by atoms with Crippen LogP contribution in [0.4, 0.5) is 0 Å². The number of aromatic amines is 1. The van der Waals surface area contributed by atoms with Crippen LogP contribution in [0.25, 0.3) is 11.0 Å². The molecule has 0 unspecified atom stereocenters. The third kappa shape index (κ3) is 3.10. The van der Waals surface area contributed by atoms with Crippen LogP contribution >= 0.6 is 23.4 Å². The van der Waals surface area contributed by atoms with Gasteiger partial charge in [0.2, 0.25) is 5.91 Å². The molecule has 1 amide bonds. The summed E-state index contributed by atoms with van der Waals surface area (Å²) in [6, 6.07) is 5.59. The van der Waals surface area contributed by atoms with Crippen molar-refractivity contribution in [1.82, 2.24) is 14.9 Å². The van der Waals surface area contributed by atoms with E-state index in [-0.39, 0.29) is 5.91 Å². The third-order valence-electron chi connectivity index (χ3n) is 3.44. The second-order valence-corrected chi connectivity index (χ2v) is 6.41. The maximum absolute atomic E-state index is 11.9. The highest BCUT2D eigenvalue weighted by Gasteiger charge is 2.17. The van der Waals surface area contributed by atoms with Crippen LogP contribution in [0.3, 0.4) is 0 Å². The van der Waals surface area contributed by atoms with Gasteiger partial charge in [-0.05, 0) is 31.0 Å². The van der Waals surface area contributed by atoms with Crippen molar-refractivity contribution in [3.05, 3.63) is 23.2 Å². The van der Waals surface area contributed by atoms with Gasteiger partial charge in [-0.15, -0.1) is 0 Å². The van der Waals surface area contributed by atoms with Gasteiger partial charge in [-0.1, -0.05) is 23.4 Å². The number of rotatable bonds is 4. The summed E-state index contributed by atoms with van der Waals surface area (Å²) >= 11 is 7.52. The lowest BCUT2D eigenvalue weighted by Gasteiger charge is -2.14. The molecule has 1 aromatic heterocycles. The van der Waals surface area contributed by atoms with Crippen LogP contribution < -0.4 is 0 Å². The number of carbonyl (C=O) groups is 1. The molecule has 0 radical (unpaired) electrons. The highest BCUT2D eigenvalue weighted by atomic mass is 35.5. The molecule has 1 N–H and O–H groups in total. The highest BCUT2D eigenvalue weighted by Crippen LogP contribution is 2.23. The monoisotopic (exact) mass is 309 g/mol. The first kappa shape index (κ1) is 13.8. The van der Waals surface area contributed by atoms with Crippen LogP contribution in [0.5, 0.6) is 0 Å². The molecule has 0 bridgehead atoms. The Balaban J connectivity index is 1.55. The number of imidazole rings is 1. The Hall–Kier alpha value is -1.20. The van der Waals surface area contributed by atoms with Gasteiger partial charge in [-0.2, -0.15) is 0 Å². The predicted octanol–water partition coefficient (Wildman–Crippen LogP) is 3.32. The predicted molar refractivity (Wildman–Crippen MR) is 82.3 cm³/mol. The maximum atomic E-state index is 11.9. The summed E-state index contributed by atoms with van der Waals surface area (Å²) in [4.78, 5) is 21.6. The fourth-order valence-electron chi connectivity index (χ4n) is 2.39. The average Bonchev–Trinajstić information content (AvgIpc) is 3.06. The Morgan fingerprint density at radius 1 is 1.40 bits per heavy atom. The van der Waals surface area contributed by atoms with Gasteiger partial charge in [0.25, 0.3) is 0 Å². The zero-order valence-electron chi connectivity index (χ0n) is 11.1. The molecule has 6 heteroatoms. The Morgan fingerprint density at radius 2 is 2.20 bits per heavy atom. The molecule has 1 aromatic carbocycles. The van der Waals surface area contributed by atoms with Crippen molar-refractivity contribution in [3.8, 4) is 0 Å². The summed E-state index contributed by atoms with van der Waals surface area (Å²) in [7, 11) is 0. The molecule has 20 heavy (non-hydrogen) atoms. The second kappa shape index (κ2) is 6.06. The van der Waals surface area contributed by atoms with Crippen molar-refractivity contribution >= 4 is 40.3 Å². The van der Waals surface area contributed by atoms with Crippen LogP contribution in [0, 0.1) is 0 Å². The fraction of sp³-hybridized carbons (Fsp3) is 0.429. The topological polar surface area (TPSA) is 49.0 Å². The minimum Gasteiger partial charge on any atom is -0.343 e. The molecule has 2 aromatic rings. The Morgan fingerprint density at radius 3 is 3.00 bits per heavy atom. The molecule has 1 aliphatic heterocycles. The lowest BCUT2D eigenvalue weighted by atomic mass is 10.3. The number of aromatic nitrogens is 2. The minimum atomic E-state index is 0.258. The lowest BCUT2D eigenvalue weighted by molar-refractivity contribution is -0.129. The number of hydrogen-bond donors (Lipinski definition) is 1. The normalized spacial score (nSPS) is 15.2. The van der Waals surface area contributed by atoms with Gasteiger partial charge in [0.15, 0.2) is 5.16 Å². The van der Waals surface area contributed by atoms with Crippen molar-refractivity contribution in [2.75, 3.05) is 18.8 Å². The van der Waals surface area contributed by atoms with E-state index < -0.39 is 0 Å². The van der Waals surface area contributed by atoms with Gasteiger partial charge in [-0.3, -0.25) is 4.79 Å². The molecular weight excluding hydrogens is 294 g/mol. The van der Waals surface area contributed by atoms with Gasteiger partial charge >= 0.3 is 0 Å². The second-order valence-electron chi connectivity index (χ2n) is 4.89. The molecule has 1 saturated heterocycles. The first-order valence-electron chi connectivity index (χ1n) is 6.78. The number of hydrogen-bond acceptors (Lipinski definition) is 3. The number of carbonyl (C=O) groups excluding carboxylic acids is 1. The molecule has 1 fully saturated rings. The number of nitrogens with one attached hydrogen (secondary N) is 1. The highest BCUT2D eigenvalue weighted by molar-refractivity contribution is 7.99. The standard InChI is InChI=1S/C14H16ClN3OS/c15-10-3-4-11-12(9-10)17-14(16-11)20-8-5-13(19)18-6-1-2-7-18/h3-4,9H,1-2,5-8H2,(H,16,17). The fourth-order valence-corrected chi connectivity index (χ4v) is 3.37. The van der Waals surface area contributed by atoms with Gasteiger partial charge < -0.3 is 9.88 Å².